The Morgan fingerprint density at radius 3 is 1.90 bits per heavy atom. The van der Waals surface area contributed by atoms with Crippen molar-refractivity contribution in [3.05, 3.63) is 108 Å². The van der Waals surface area contributed by atoms with Gasteiger partial charge in [0.25, 0.3) is 0 Å². The summed E-state index contributed by atoms with van der Waals surface area (Å²) >= 11 is 0. The molecule has 3 atom stereocenters. The van der Waals surface area contributed by atoms with Crippen LogP contribution in [0.15, 0.2) is 97.1 Å². The van der Waals surface area contributed by atoms with Crippen molar-refractivity contribution in [3.63, 3.8) is 0 Å². The van der Waals surface area contributed by atoms with Crippen LogP contribution in [0.1, 0.15) is 104 Å². The third-order valence-corrected chi connectivity index (χ3v) is 10.8. The van der Waals surface area contributed by atoms with Crippen LogP contribution >= 0.6 is 0 Å². The summed E-state index contributed by atoms with van der Waals surface area (Å²) in [5.74, 6) is 3.53. The van der Waals surface area contributed by atoms with Gasteiger partial charge in [0.15, 0.2) is 0 Å². The standard InChI is InChI=1S/C39H54/c1-8-24-38(9-2)36-22-23-37(38)27-32(26-36)25-31(7)39(34-16-12-10-13-17-34,35-18-14-11-15-19-35)28-33(30(5)6)21-20-29(3)4/h10-21,30,32-33,36-37H,3,7-9,22-28H2,1-2,4-6H3/b21-20-. The molecule has 0 heterocycles. The lowest BCUT2D eigenvalue weighted by molar-refractivity contribution is 0.0331. The molecule has 2 saturated carbocycles. The fourth-order valence-electron chi connectivity index (χ4n) is 8.80. The monoisotopic (exact) mass is 522 g/mol. The summed E-state index contributed by atoms with van der Waals surface area (Å²) in [4.78, 5) is 0. The van der Waals surface area contributed by atoms with Gasteiger partial charge >= 0.3 is 0 Å². The van der Waals surface area contributed by atoms with E-state index in [2.05, 4.69) is 114 Å². The zero-order valence-corrected chi connectivity index (χ0v) is 25.6. The molecule has 4 rings (SSSR count). The van der Waals surface area contributed by atoms with Crippen molar-refractivity contribution >= 4 is 0 Å². The van der Waals surface area contributed by atoms with E-state index in [1.165, 1.54) is 61.6 Å². The van der Waals surface area contributed by atoms with Crippen LogP contribution in [0.5, 0.6) is 0 Å². The van der Waals surface area contributed by atoms with Crippen LogP contribution in [-0.2, 0) is 5.41 Å². The van der Waals surface area contributed by atoms with Crippen molar-refractivity contribution in [3.8, 4) is 0 Å². The van der Waals surface area contributed by atoms with E-state index in [-0.39, 0.29) is 5.41 Å². The minimum absolute atomic E-state index is 0.210. The van der Waals surface area contributed by atoms with Crippen molar-refractivity contribution in [1.82, 2.24) is 0 Å². The average Bonchev–Trinajstić information content (AvgIpc) is 3.10. The maximum Gasteiger partial charge on any atom is 0.0414 e. The maximum atomic E-state index is 5.00. The molecule has 3 unspecified atom stereocenters. The lowest BCUT2D eigenvalue weighted by Crippen LogP contribution is -2.39. The molecule has 0 amide bonds. The van der Waals surface area contributed by atoms with Gasteiger partial charge in [-0.15, -0.1) is 0 Å². The molecule has 39 heavy (non-hydrogen) atoms. The summed E-state index contributed by atoms with van der Waals surface area (Å²) in [6.07, 6.45) is 16.6. The number of fused-ring (bicyclic) bond motifs is 2. The van der Waals surface area contributed by atoms with Crippen LogP contribution in [0.2, 0.25) is 0 Å². The normalized spacial score (nSPS) is 25.7. The maximum absolute atomic E-state index is 5.00. The lowest BCUT2D eigenvalue weighted by Gasteiger charge is -2.48. The fraction of sp³-hybridized carbons (Fsp3) is 0.538. The van der Waals surface area contributed by atoms with Crippen LogP contribution in [0.25, 0.3) is 0 Å². The predicted molar refractivity (Wildman–Crippen MR) is 171 cm³/mol. The van der Waals surface area contributed by atoms with Crippen molar-refractivity contribution in [2.45, 2.75) is 97.8 Å². The topological polar surface area (TPSA) is 0 Å². The van der Waals surface area contributed by atoms with Gasteiger partial charge in [0, 0.05) is 5.41 Å². The highest BCUT2D eigenvalue weighted by atomic mass is 14.6. The van der Waals surface area contributed by atoms with Crippen LogP contribution in [0, 0.1) is 35.0 Å². The molecule has 2 bridgehead atoms. The summed E-state index contributed by atoms with van der Waals surface area (Å²) < 4.78 is 0. The van der Waals surface area contributed by atoms with Gasteiger partial charge in [-0.25, -0.2) is 0 Å². The van der Waals surface area contributed by atoms with Crippen LogP contribution < -0.4 is 0 Å². The highest BCUT2D eigenvalue weighted by molar-refractivity contribution is 5.48. The molecule has 2 fully saturated rings. The highest BCUT2D eigenvalue weighted by Crippen LogP contribution is 2.62. The third-order valence-electron chi connectivity index (χ3n) is 10.8. The van der Waals surface area contributed by atoms with E-state index < -0.39 is 0 Å². The van der Waals surface area contributed by atoms with E-state index in [9.17, 15) is 0 Å². The second kappa shape index (κ2) is 12.9. The van der Waals surface area contributed by atoms with Gasteiger partial charge in [-0.3, -0.25) is 0 Å². The average molecular weight is 523 g/mol. The van der Waals surface area contributed by atoms with E-state index in [0.717, 1.165) is 36.2 Å². The summed E-state index contributed by atoms with van der Waals surface area (Å²) in [7, 11) is 0. The molecular formula is C39H54. The van der Waals surface area contributed by atoms with E-state index in [0.29, 0.717) is 17.3 Å². The number of rotatable bonds is 13. The molecule has 0 heteroatoms. The van der Waals surface area contributed by atoms with Gasteiger partial charge < -0.3 is 0 Å². The minimum Gasteiger partial charge on any atom is -0.0986 e. The third kappa shape index (κ3) is 6.06. The lowest BCUT2D eigenvalue weighted by atomic mass is 9.56. The Labute approximate surface area is 240 Å². The Morgan fingerprint density at radius 2 is 1.46 bits per heavy atom. The quantitative estimate of drug-likeness (QED) is 0.181. The molecule has 2 aliphatic rings. The Kier molecular flexibility index (Phi) is 9.79. The van der Waals surface area contributed by atoms with Crippen molar-refractivity contribution in [2.75, 3.05) is 0 Å². The number of benzene rings is 2. The second-order valence-corrected chi connectivity index (χ2v) is 13.4. The fourth-order valence-corrected chi connectivity index (χ4v) is 8.80. The second-order valence-electron chi connectivity index (χ2n) is 13.4. The molecule has 2 aliphatic carbocycles. The van der Waals surface area contributed by atoms with E-state index in [1.54, 1.807) is 0 Å². The minimum atomic E-state index is -0.210. The molecule has 0 aromatic heterocycles. The number of allylic oxidation sites excluding steroid dienone is 4. The predicted octanol–water partition coefficient (Wildman–Crippen LogP) is 11.3. The molecule has 0 aliphatic heterocycles. The Bertz CT molecular complexity index is 1050. The molecule has 0 spiro atoms. The Morgan fingerprint density at radius 1 is 0.923 bits per heavy atom. The molecule has 0 saturated heterocycles. The Hall–Kier alpha value is -2.34. The van der Waals surface area contributed by atoms with Gasteiger partial charge in [-0.1, -0.05) is 131 Å². The van der Waals surface area contributed by atoms with Gasteiger partial charge in [0.1, 0.15) is 0 Å². The zero-order valence-electron chi connectivity index (χ0n) is 25.6. The molecule has 0 radical (unpaired) electrons. The van der Waals surface area contributed by atoms with Gasteiger partial charge in [0.05, 0.1) is 0 Å². The van der Waals surface area contributed by atoms with Crippen molar-refractivity contribution in [2.24, 2.45) is 35.0 Å². The highest BCUT2D eigenvalue weighted by Gasteiger charge is 2.52. The molecule has 0 N–H and O–H groups in total. The van der Waals surface area contributed by atoms with Gasteiger partial charge in [-0.2, -0.15) is 0 Å². The molecule has 210 valence electrons. The summed E-state index contributed by atoms with van der Waals surface area (Å²) in [5.41, 5.74) is 5.72. The van der Waals surface area contributed by atoms with Gasteiger partial charge in [-0.05, 0) is 104 Å². The molecule has 2 aromatic carbocycles. The first-order valence-electron chi connectivity index (χ1n) is 15.9. The smallest absolute Gasteiger partial charge is 0.0414 e. The number of hydrogen-bond acceptors (Lipinski definition) is 0. The Balaban J connectivity index is 1.74. The summed E-state index contributed by atoms with van der Waals surface area (Å²) in [6, 6.07) is 22.6. The van der Waals surface area contributed by atoms with Crippen LogP contribution in [-0.4, -0.2) is 0 Å². The first-order chi connectivity index (χ1) is 18.8. The molecule has 2 aromatic rings. The van der Waals surface area contributed by atoms with Crippen molar-refractivity contribution < 1.29 is 0 Å². The van der Waals surface area contributed by atoms with Gasteiger partial charge in [0.2, 0.25) is 0 Å². The summed E-state index contributed by atoms with van der Waals surface area (Å²) in [6.45, 7) is 20.9. The number of hydrogen-bond donors (Lipinski definition) is 0. The van der Waals surface area contributed by atoms with E-state index in [1.807, 2.05) is 0 Å². The molecular weight excluding hydrogens is 468 g/mol. The van der Waals surface area contributed by atoms with Crippen LogP contribution in [0.4, 0.5) is 0 Å². The zero-order chi connectivity index (χ0) is 28.0. The first-order valence-corrected chi connectivity index (χ1v) is 15.9. The SMILES string of the molecule is C=C(C)/C=C\C(CC(C(=C)CC1CC2CCC(C1)C2(CC)CCC)(c1ccccc1)c1ccccc1)C(C)C. The van der Waals surface area contributed by atoms with Crippen molar-refractivity contribution in [1.29, 1.82) is 0 Å². The first kappa shape index (κ1) is 29.6. The van der Waals surface area contributed by atoms with E-state index >= 15 is 0 Å². The van der Waals surface area contributed by atoms with E-state index in [4.69, 9.17) is 6.58 Å². The van der Waals surface area contributed by atoms with Crippen LogP contribution in [0.3, 0.4) is 0 Å². The largest absolute Gasteiger partial charge is 0.0986 e. The molecule has 0 nitrogen and oxygen atoms in total. The summed E-state index contributed by atoms with van der Waals surface area (Å²) in [5, 5.41) is 0.